The molecule has 0 spiro atoms. The van der Waals surface area contributed by atoms with Crippen LogP contribution in [-0.4, -0.2) is 77.8 Å². The quantitative estimate of drug-likeness (QED) is 0.587. The summed E-state index contributed by atoms with van der Waals surface area (Å²) in [4.78, 5) is 15.0. The summed E-state index contributed by atoms with van der Waals surface area (Å²) in [6, 6.07) is 12.8. The monoisotopic (exact) mass is 488 g/mol. The Morgan fingerprint density at radius 2 is 1.68 bits per heavy atom. The van der Waals surface area contributed by atoms with Crippen LogP contribution in [0.25, 0.3) is 0 Å². The summed E-state index contributed by atoms with van der Waals surface area (Å²) in [5.74, 6) is -0.206. The number of ether oxygens (including phenoxy) is 2. The number of anilines is 3. The molecular weight excluding hydrogens is 456 g/mol. The van der Waals surface area contributed by atoms with Gasteiger partial charge in [-0.05, 0) is 42.3 Å². The van der Waals surface area contributed by atoms with Gasteiger partial charge in [0.05, 0.1) is 49.2 Å². The normalized spacial score (nSPS) is 17.4. The van der Waals surface area contributed by atoms with Gasteiger partial charge < -0.3 is 25.0 Å². The van der Waals surface area contributed by atoms with Crippen LogP contribution in [-0.2, 0) is 30.7 Å². The smallest absolute Gasteiger partial charge is 0.243 e. The molecule has 1 amide bonds. The summed E-state index contributed by atoms with van der Waals surface area (Å²) >= 11 is 0. The third kappa shape index (κ3) is 5.87. The van der Waals surface area contributed by atoms with Gasteiger partial charge in [0.1, 0.15) is 0 Å². The Morgan fingerprint density at radius 3 is 2.38 bits per heavy atom. The van der Waals surface area contributed by atoms with Crippen LogP contribution >= 0.6 is 0 Å². The molecule has 2 N–H and O–H groups in total. The van der Waals surface area contributed by atoms with E-state index in [0.29, 0.717) is 58.3 Å². The third-order valence-electron chi connectivity index (χ3n) is 5.99. The van der Waals surface area contributed by atoms with E-state index in [1.54, 1.807) is 12.1 Å². The van der Waals surface area contributed by atoms with Gasteiger partial charge in [-0.3, -0.25) is 4.79 Å². The number of amides is 1. The second kappa shape index (κ2) is 11.2. The number of benzene rings is 2. The molecule has 10 heteroatoms. The highest BCUT2D eigenvalue weighted by Crippen LogP contribution is 2.31. The van der Waals surface area contributed by atoms with Crippen molar-refractivity contribution in [2.75, 3.05) is 74.7 Å². The number of rotatable bonds is 8. The molecule has 0 bridgehead atoms. The largest absolute Gasteiger partial charge is 0.379 e. The second-order valence-corrected chi connectivity index (χ2v) is 10.2. The second-order valence-electron chi connectivity index (χ2n) is 8.25. The minimum Gasteiger partial charge on any atom is -0.379 e. The van der Waals surface area contributed by atoms with Gasteiger partial charge in [-0.15, -0.1) is 0 Å². The summed E-state index contributed by atoms with van der Waals surface area (Å²) in [7, 11) is -3.66. The van der Waals surface area contributed by atoms with Crippen molar-refractivity contribution in [3.8, 4) is 0 Å². The fourth-order valence-corrected chi connectivity index (χ4v) is 5.52. The van der Waals surface area contributed by atoms with Crippen LogP contribution in [0.15, 0.2) is 47.4 Å². The molecule has 0 saturated carbocycles. The Kier molecular flexibility index (Phi) is 8.04. The summed E-state index contributed by atoms with van der Waals surface area (Å²) in [6.45, 7) is 6.09. The standard InChI is InChI=1S/C24H32N4O5S/c1-2-19-4-3-5-20(16-19)26-24(29)18-25-22-17-21(34(30,31)28-10-14-33-15-11-28)6-7-23(22)27-8-12-32-13-9-27/h3-7,16-17,25H,2,8-15,18H2,1H3,(H,26,29). The van der Waals surface area contributed by atoms with Crippen LogP contribution in [0.4, 0.5) is 17.1 Å². The minimum atomic E-state index is -3.66. The van der Waals surface area contributed by atoms with Crippen molar-refractivity contribution < 1.29 is 22.7 Å². The summed E-state index contributed by atoms with van der Waals surface area (Å²) in [5.41, 5.74) is 3.34. The highest BCUT2D eigenvalue weighted by molar-refractivity contribution is 7.89. The SMILES string of the molecule is CCc1cccc(NC(=O)CNc2cc(S(=O)(=O)N3CCOCC3)ccc2N2CCOCC2)c1. The molecular formula is C24H32N4O5S. The number of nitrogens with zero attached hydrogens (tertiary/aromatic N) is 2. The summed E-state index contributed by atoms with van der Waals surface area (Å²) in [5, 5.41) is 6.08. The van der Waals surface area contributed by atoms with Gasteiger partial charge in [-0.25, -0.2) is 8.42 Å². The zero-order chi connectivity index (χ0) is 24.0. The van der Waals surface area contributed by atoms with Gasteiger partial charge in [0.25, 0.3) is 0 Å². The predicted molar refractivity (Wildman–Crippen MR) is 132 cm³/mol. The van der Waals surface area contributed by atoms with Gasteiger partial charge in [0.15, 0.2) is 0 Å². The maximum Gasteiger partial charge on any atom is 0.243 e. The molecule has 0 aliphatic carbocycles. The van der Waals surface area contributed by atoms with E-state index in [9.17, 15) is 13.2 Å². The van der Waals surface area contributed by atoms with Gasteiger partial charge in [-0.1, -0.05) is 19.1 Å². The zero-order valence-electron chi connectivity index (χ0n) is 19.5. The van der Waals surface area contributed by atoms with Crippen molar-refractivity contribution in [1.82, 2.24) is 4.31 Å². The van der Waals surface area contributed by atoms with Crippen molar-refractivity contribution >= 4 is 33.0 Å². The Bertz CT molecular complexity index is 1100. The van der Waals surface area contributed by atoms with Crippen LogP contribution in [0, 0.1) is 0 Å². The molecule has 9 nitrogen and oxygen atoms in total. The van der Waals surface area contributed by atoms with E-state index in [4.69, 9.17) is 9.47 Å². The number of hydrogen-bond donors (Lipinski definition) is 2. The van der Waals surface area contributed by atoms with E-state index in [1.165, 1.54) is 4.31 Å². The Morgan fingerprint density at radius 1 is 0.971 bits per heavy atom. The first-order valence-corrected chi connectivity index (χ1v) is 13.1. The number of carbonyl (C=O) groups excluding carboxylic acids is 1. The molecule has 34 heavy (non-hydrogen) atoms. The number of hydrogen-bond acceptors (Lipinski definition) is 7. The fourth-order valence-electron chi connectivity index (χ4n) is 4.08. The van der Waals surface area contributed by atoms with Crippen LogP contribution in [0.1, 0.15) is 12.5 Å². The van der Waals surface area contributed by atoms with E-state index in [1.807, 2.05) is 30.3 Å². The van der Waals surface area contributed by atoms with Crippen molar-refractivity contribution in [3.63, 3.8) is 0 Å². The molecule has 2 heterocycles. The van der Waals surface area contributed by atoms with E-state index in [0.717, 1.165) is 23.4 Å². The van der Waals surface area contributed by atoms with Gasteiger partial charge in [0.2, 0.25) is 15.9 Å². The highest BCUT2D eigenvalue weighted by atomic mass is 32.2. The van der Waals surface area contributed by atoms with Gasteiger partial charge in [-0.2, -0.15) is 4.31 Å². The Balaban J connectivity index is 1.53. The summed E-state index contributed by atoms with van der Waals surface area (Å²) < 4.78 is 38.6. The maximum absolute atomic E-state index is 13.2. The lowest BCUT2D eigenvalue weighted by molar-refractivity contribution is -0.114. The highest BCUT2D eigenvalue weighted by Gasteiger charge is 2.27. The molecule has 2 aromatic carbocycles. The van der Waals surface area contributed by atoms with Crippen molar-refractivity contribution in [2.45, 2.75) is 18.2 Å². The lowest BCUT2D eigenvalue weighted by Gasteiger charge is -2.31. The Labute approximate surface area is 201 Å². The van der Waals surface area contributed by atoms with Crippen LogP contribution in [0.5, 0.6) is 0 Å². The van der Waals surface area contributed by atoms with Gasteiger partial charge >= 0.3 is 0 Å². The first-order chi connectivity index (χ1) is 16.5. The number of morpholine rings is 2. The fraction of sp³-hybridized carbons (Fsp3) is 0.458. The van der Waals surface area contributed by atoms with E-state index < -0.39 is 10.0 Å². The first kappa shape index (κ1) is 24.5. The van der Waals surface area contributed by atoms with Crippen LogP contribution < -0.4 is 15.5 Å². The number of sulfonamides is 1. The molecule has 0 atom stereocenters. The average molecular weight is 489 g/mol. The molecule has 4 rings (SSSR count). The molecule has 0 aromatic heterocycles. The van der Waals surface area contributed by atoms with Gasteiger partial charge in [0, 0.05) is 31.9 Å². The maximum atomic E-state index is 13.2. The predicted octanol–water partition coefficient (Wildman–Crippen LogP) is 2.16. The first-order valence-electron chi connectivity index (χ1n) is 11.6. The number of aryl methyl sites for hydroxylation is 1. The van der Waals surface area contributed by atoms with Crippen LogP contribution in [0.3, 0.4) is 0 Å². The lowest BCUT2D eigenvalue weighted by atomic mass is 10.1. The van der Waals surface area contributed by atoms with Crippen molar-refractivity contribution in [3.05, 3.63) is 48.0 Å². The Hall–Kier alpha value is -2.66. The van der Waals surface area contributed by atoms with Crippen molar-refractivity contribution in [2.24, 2.45) is 0 Å². The third-order valence-corrected chi connectivity index (χ3v) is 7.88. The number of nitrogens with one attached hydrogen (secondary N) is 2. The van der Waals surface area contributed by atoms with Crippen LogP contribution in [0.2, 0.25) is 0 Å². The zero-order valence-corrected chi connectivity index (χ0v) is 20.3. The molecule has 2 aliphatic heterocycles. The molecule has 0 radical (unpaired) electrons. The molecule has 184 valence electrons. The lowest BCUT2D eigenvalue weighted by Crippen LogP contribution is -2.40. The summed E-state index contributed by atoms with van der Waals surface area (Å²) in [6.07, 6.45) is 0.884. The molecule has 0 unspecified atom stereocenters. The van der Waals surface area contributed by atoms with E-state index in [-0.39, 0.29) is 17.3 Å². The van der Waals surface area contributed by atoms with E-state index in [2.05, 4.69) is 22.5 Å². The molecule has 2 saturated heterocycles. The van der Waals surface area contributed by atoms with E-state index >= 15 is 0 Å². The molecule has 2 fully saturated rings. The number of carbonyl (C=O) groups is 1. The average Bonchev–Trinajstić information content (AvgIpc) is 2.88. The molecule has 2 aromatic rings. The minimum absolute atomic E-state index is 0.00868. The molecule has 2 aliphatic rings. The topological polar surface area (TPSA) is 100 Å². The van der Waals surface area contributed by atoms with Crippen molar-refractivity contribution in [1.29, 1.82) is 0 Å².